The second-order valence-electron chi connectivity index (χ2n) is 18.6. The fraction of sp³-hybridized carbons (Fsp3) is 0.373. The zero-order chi connectivity index (χ0) is 38.1. The number of halogens is 2. The van der Waals surface area contributed by atoms with Gasteiger partial charge in [-0.15, -0.1) is 69.1 Å². The van der Waals surface area contributed by atoms with E-state index in [4.69, 9.17) is 0 Å². The molecule has 0 saturated carbocycles. The smallest absolute Gasteiger partial charge is 1.00 e. The van der Waals surface area contributed by atoms with Crippen LogP contribution in [0.5, 0.6) is 0 Å². The predicted molar refractivity (Wildman–Crippen MR) is 230 cm³/mol. The zero-order valence-electron chi connectivity index (χ0n) is 35.6. The second kappa shape index (κ2) is 19.0. The van der Waals surface area contributed by atoms with E-state index in [0.717, 1.165) is 6.42 Å². The molecule has 0 radical (unpaired) electrons. The van der Waals surface area contributed by atoms with Crippen LogP contribution in [0.3, 0.4) is 0 Å². The van der Waals surface area contributed by atoms with Crippen molar-refractivity contribution in [2.45, 2.75) is 125 Å². The Labute approximate surface area is 357 Å². The molecule has 0 saturated heterocycles. The Balaban J connectivity index is 0.000000479. The Morgan fingerprint density at radius 1 is 0.444 bits per heavy atom. The van der Waals surface area contributed by atoms with Gasteiger partial charge in [-0.3, -0.25) is 0 Å². The van der Waals surface area contributed by atoms with Crippen molar-refractivity contribution < 1.29 is 46.5 Å². The summed E-state index contributed by atoms with van der Waals surface area (Å²) in [4.78, 5) is 0. The van der Waals surface area contributed by atoms with Crippen LogP contribution < -0.4 is 24.8 Å². The Morgan fingerprint density at radius 2 is 0.704 bits per heavy atom. The molecule has 54 heavy (non-hydrogen) atoms. The van der Waals surface area contributed by atoms with E-state index in [-0.39, 0.29) is 68.2 Å². The van der Waals surface area contributed by atoms with Gasteiger partial charge in [0.1, 0.15) is 0 Å². The van der Waals surface area contributed by atoms with Gasteiger partial charge in [0.15, 0.2) is 0 Å². The first kappa shape index (κ1) is 49.4. The van der Waals surface area contributed by atoms with Crippen LogP contribution >= 0.6 is 0 Å². The summed E-state index contributed by atoms with van der Waals surface area (Å²) in [5.74, 6) is 0. The van der Waals surface area contributed by atoms with E-state index in [9.17, 15) is 0 Å². The van der Waals surface area contributed by atoms with Crippen LogP contribution in [-0.2, 0) is 43.4 Å². The maximum Gasteiger partial charge on any atom is 2.00 e. The predicted octanol–water partition coefficient (Wildman–Crippen LogP) is 9.31. The standard InChI is InChI=1S/2C24H29.C3H6.2ClH.Ti/c2*1-16-11-17-9-8-10-21(22(17)12-16)18-13-19(23(2,3)4)15-20(14-18)24(5,6)7;1-3-2;;;/h2*8-15H,1-7H3;1-3H2;2*1H;/q2*-1;-2;;;+2/p-2. The van der Waals surface area contributed by atoms with Crippen molar-refractivity contribution in [1.82, 2.24) is 0 Å². The van der Waals surface area contributed by atoms with Gasteiger partial charge in [0.25, 0.3) is 0 Å². The summed E-state index contributed by atoms with van der Waals surface area (Å²) in [6.07, 6.45) is 0.750. The van der Waals surface area contributed by atoms with Gasteiger partial charge < -0.3 is 45.1 Å². The van der Waals surface area contributed by atoms with E-state index in [1.165, 1.54) is 77.2 Å². The Hall–Kier alpha value is -2.61. The maximum absolute atomic E-state index is 3.38. The first-order valence-electron chi connectivity index (χ1n) is 18.8. The summed E-state index contributed by atoms with van der Waals surface area (Å²) < 4.78 is 0. The van der Waals surface area contributed by atoms with Crippen LogP contribution in [0.1, 0.15) is 123 Å². The molecule has 6 rings (SSSR count). The van der Waals surface area contributed by atoms with Gasteiger partial charge in [0.2, 0.25) is 0 Å². The molecule has 0 N–H and O–H groups in total. The van der Waals surface area contributed by atoms with E-state index >= 15 is 0 Å². The van der Waals surface area contributed by atoms with Crippen LogP contribution in [0, 0.1) is 27.7 Å². The summed E-state index contributed by atoms with van der Waals surface area (Å²) in [6.45, 7) is 38.7. The molecule has 0 unspecified atom stereocenters. The van der Waals surface area contributed by atoms with Gasteiger partial charge in [0.05, 0.1) is 0 Å². The van der Waals surface area contributed by atoms with Crippen LogP contribution in [0.2, 0.25) is 0 Å². The van der Waals surface area contributed by atoms with Crippen molar-refractivity contribution in [3.05, 3.63) is 144 Å². The first-order chi connectivity index (χ1) is 23.5. The van der Waals surface area contributed by atoms with Crippen LogP contribution in [0.25, 0.3) is 43.8 Å². The third-order valence-electron chi connectivity index (χ3n) is 9.74. The van der Waals surface area contributed by atoms with Gasteiger partial charge in [-0.2, -0.15) is 12.1 Å². The minimum absolute atomic E-state index is 0. The molecule has 0 atom stereocenters. The normalized spacial score (nSPS) is 11.7. The molecule has 6 aromatic rings. The fourth-order valence-corrected chi connectivity index (χ4v) is 6.57. The number of rotatable bonds is 2. The molecular formula is C51H64Cl2Ti-4. The Kier molecular flexibility index (Phi) is 17.4. The molecule has 0 aliphatic carbocycles. The zero-order valence-corrected chi connectivity index (χ0v) is 38.7. The molecule has 0 spiro atoms. The Bertz CT molecular complexity index is 1880. The molecule has 0 nitrogen and oxygen atoms in total. The molecule has 0 bridgehead atoms. The van der Waals surface area contributed by atoms with Gasteiger partial charge >= 0.3 is 21.7 Å². The number of benzene rings is 4. The third-order valence-corrected chi connectivity index (χ3v) is 9.74. The number of fused-ring (bicyclic) bond motifs is 2. The molecule has 0 aromatic heterocycles. The molecule has 290 valence electrons. The summed E-state index contributed by atoms with van der Waals surface area (Å²) >= 11 is 0. The molecule has 6 aromatic carbocycles. The second-order valence-corrected chi connectivity index (χ2v) is 18.6. The van der Waals surface area contributed by atoms with E-state index < -0.39 is 0 Å². The van der Waals surface area contributed by atoms with Gasteiger partial charge in [-0.05, 0) is 55.0 Å². The quantitative estimate of drug-likeness (QED) is 0.121. The molecule has 0 amide bonds. The average molecular weight is 796 g/mol. The van der Waals surface area contributed by atoms with Crippen LogP contribution in [0.4, 0.5) is 0 Å². The molecule has 0 heterocycles. The third kappa shape index (κ3) is 12.2. The first-order valence-corrected chi connectivity index (χ1v) is 18.8. The average Bonchev–Trinajstić information content (AvgIpc) is 3.60. The van der Waals surface area contributed by atoms with Gasteiger partial charge in [0, 0.05) is 0 Å². The topological polar surface area (TPSA) is 0 Å². The van der Waals surface area contributed by atoms with Crippen LogP contribution in [0.15, 0.2) is 97.1 Å². The largest absolute Gasteiger partial charge is 2.00 e. The molecule has 0 aliphatic heterocycles. The maximum atomic E-state index is 3.38. The summed E-state index contributed by atoms with van der Waals surface area (Å²) in [5.41, 5.74) is 14.2. The monoisotopic (exact) mass is 794 g/mol. The van der Waals surface area contributed by atoms with E-state index in [1.54, 1.807) is 0 Å². The van der Waals surface area contributed by atoms with Crippen molar-refractivity contribution >= 4 is 21.5 Å². The summed E-state index contributed by atoms with van der Waals surface area (Å²) in [5, 5.41) is 5.40. The minimum atomic E-state index is 0. The molecule has 3 heteroatoms. The Morgan fingerprint density at radius 3 is 0.944 bits per heavy atom. The van der Waals surface area contributed by atoms with Crippen molar-refractivity contribution in [2.75, 3.05) is 0 Å². The molecule has 0 fully saturated rings. The van der Waals surface area contributed by atoms with E-state index in [0.29, 0.717) is 0 Å². The fourth-order valence-electron chi connectivity index (χ4n) is 6.57. The van der Waals surface area contributed by atoms with Crippen molar-refractivity contribution in [3.8, 4) is 22.3 Å². The van der Waals surface area contributed by atoms with Crippen molar-refractivity contribution in [3.63, 3.8) is 0 Å². The minimum Gasteiger partial charge on any atom is -1.00 e. The van der Waals surface area contributed by atoms with E-state index in [1.807, 2.05) is 0 Å². The molecule has 0 aliphatic rings. The van der Waals surface area contributed by atoms with Crippen molar-refractivity contribution in [1.29, 1.82) is 0 Å². The van der Waals surface area contributed by atoms with Crippen LogP contribution in [-0.4, -0.2) is 0 Å². The number of hydrogen-bond donors (Lipinski definition) is 0. The summed E-state index contributed by atoms with van der Waals surface area (Å²) in [7, 11) is 0. The van der Waals surface area contributed by atoms with Crippen molar-refractivity contribution in [2.24, 2.45) is 0 Å². The SMILES string of the molecule is Cc1cc2c(-c3cc(C(C)(C)C)cc(C(C)(C)C)c3)cccc2[cH-]1.Cc1cc2c(-c3cc(C(C)(C)C)cc(C(C)(C)C)c3)cccc2[cH-]1.[CH2-]C[CH2-].[Cl-].[Cl-].[Ti+2]. The number of hydrogen-bond acceptors (Lipinski definition) is 0. The van der Waals surface area contributed by atoms with E-state index in [2.05, 4.69) is 208 Å². The molecular weight excluding hydrogens is 731 g/mol. The van der Waals surface area contributed by atoms with Gasteiger partial charge in [-0.25, -0.2) is 0 Å². The number of aryl methyl sites for hydroxylation is 2. The summed E-state index contributed by atoms with van der Waals surface area (Å²) in [6, 6.07) is 36.8. The van der Waals surface area contributed by atoms with Gasteiger partial charge in [-0.1, -0.05) is 157 Å².